The number of ether oxygens (including phenoxy) is 2. The van der Waals surface area contributed by atoms with E-state index in [1.807, 2.05) is 0 Å². The van der Waals surface area contributed by atoms with E-state index in [0.717, 1.165) is 34.2 Å². The van der Waals surface area contributed by atoms with Crippen LogP contribution in [0.15, 0.2) is 90.5 Å². The van der Waals surface area contributed by atoms with Gasteiger partial charge in [-0.3, -0.25) is 44.8 Å². The molecule has 0 radical (unpaired) electrons. The van der Waals surface area contributed by atoms with Crippen molar-refractivity contribution in [3.63, 3.8) is 0 Å². The largest absolute Gasteiger partial charge is 0.502 e. The molecule has 0 bridgehead atoms. The van der Waals surface area contributed by atoms with Crippen LogP contribution in [-0.2, 0) is 24.6 Å². The van der Waals surface area contributed by atoms with Gasteiger partial charge in [0.15, 0.2) is 17.2 Å². The number of halogens is 2. The number of carbonyl (C=O) groups is 4. The quantitative estimate of drug-likeness (QED) is 0.0686. The number of nitrogens with zero attached hydrogens (tertiary/aromatic N) is 5. The fourth-order valence-corrected chi connectivity index (χ4v) is 9.95. The molecule has 2 heterocycles. The Morgan fingerprint density at radius 1 is 0.889 bits per heavy atom. The van der Waals surface area contributed by atoms with Crippen molar-refractivity contribution in [1.82, 2.24) is 5.01 Å². The second-order valence-corrected chi connectivity index (χ2v) is 16.2. The highest BCUT2D eigenvalue weighted by Crippen LogP contribution is 2.62. The SMILES string of the molecule is COc1cc(C=C[C@H]2C3=CC[C@@H]4C(=O)N(c5cc([N+](=O)[O-])c(N(C)C)c([N+](=O)[O-])c5)C(=O)[C@@H]4[C@@H]3C[C@H]3C(=O)N(Nc4ccc(F)cc4)C(=O)[C@@]23c2ccc(Cl)cc2)cc(OC)c1O. The highest BCUT2D eigenvalue weighted by molar-refractivity contribution is 6.30. The lowest BCUT2D eigenvalue weighted by atomic mass is 9.50. The minimum Gasteiger partial charge on any atom is -0.502 e. The maximum Gasteiger partial charge on any atom is 0.301 e. The molecule has 2 saturated heterocycles. The number of amides is 4. The number of nitro benzene ring substituents is 2. The van der Waals surface area contributed by atoms with Crippen molar-refractivity contribution in [1.29, 1.82) is 0 Å². The molecule has 324 valence electrons. The number of aromatic hydroxyl groups is 1. The molecule has 2 aliphatic carbocycles. The number of rotatable bonds is 11. The molecule has 8 rings (SSSR count). The van der Waals surface area contributed by atoms with E-state index < -0.39 is 85.7 Å². The lowest BCUT2D eigenvalue weighted by Gasteiger charge is -2.49. The van der Waals surface area contributed by atoms with Gasteiger partial charge in [-0.1, -0.05) is 47.5 Å². The number of hydrogen-bond acceptors (Lipinski definition) is 13. The number of carbonyl (C=O) groups excluding carboxylic acids is 4. The molecule has 0 aromatic heterocycles. The van der Waals surface area contributed by atoms with E-state index in [0.29, 0.717) is 21.7 Å². The van der Waals surface area contributed by atoms with Gasteiger partial charge in [0.2, 0.25) is 17.6 Å². The standard InChI is InChI=1S/C44H38ClFN6O11/c1-48(2)38-33(51(58)59)19-27(20-34(38)52(60)61)49-40(54)29-15-14-28-30(37(29)42(49)56)21-32-41(55)50(47-26-12-10-25(46)11-13-26)43(57)44(32,23-6-8-24(45)9-7-23)31(28)16-5-22-17-35(62-3)39(53)36(18-22)63-4/h5-14,16-20,29-32,37,47,53H,15,21H2,1-4H3/t29-,30+,31-,32-,37-,44-/m0/s1. The second kappa shape index (κ2) is 15.8. The number of nitrogens with one attached hydrogen (secondary N) is 1. The lowest BCUT2D eigenvalue weighted by Crippen LogP contribution is -2.54. The normalized spacial score (nSPS) is 23.9. The number of benzene rings is 4. The smallest absolute Gasteiger partial charge is 0.301 e. The summed E-state index contributed by atoms with van der Waals surface area (Å²) in [6.07, 6.45) is 4.99. The van der Waals surface area contributed by atoms with Gasteiger partial charge in [-0.15, -0.1) is 0 Å². The van der Waals surface area contributed by atoms with Crippen LogP contribution in [0.25, 0.3) is 6.08 Å². The van der Waals surface area contributed by atoms with Crippen molar-refractivity contribution >= 4 is 69.7 Å². The molecule has 4 aromatic rings. The van der Waals surface area contributed by atoms with Gasteiger partial charge in [0.25, 0.3) is 11.8 Å². The first-order valence-corrected chi connectivity index (χ1v) is 19.9. The van der Waals surface area contributed by atoms with Crippen LogP contribution in [0.5, 0.6) is 17.2 Å². The predicted molar refractivity (Wildman–Crippen MR) is 227 cm³/mol. The van der Waals surface area contributed by atoms with Crippen LogP contribution in [0.3, 0.4) is 0 Å². The summed E-state index contributed by atoms with van der Waals surface area (Å²) in [4.78, 5) is 84.3. The summed E-state index contributed by atoms with van der Waals surface area (Å²) in [7, 11) is 5.50. The van der Waals surface area contributed by atoms with Crippen LogP contribution >= 0.6 is 11.6 Å². The van der Waals surface area contributed by atoms with E-state index in [1.165, 1.54) is 57.5 Å². The number of phenolic OH excluding ortho intramolecular Hbond substituents is 1. The number of imide groups is 2. The molecule has 3 fully saturated rings. The average molecular weight is 881 g/mol. The Labute approximate surface area is 363 Å². The molecule has 1 saturated carbocycles. The Morgan fingerprint density at radius 3 is 2.05 bits per heavy atom. The molecule has 19 heteroatoms. The Kier molecular flexibility index (Phi) is 10.7. The van der Waals surface area contributed by atoms with Crippen LogP contribution in [0, 0.1) is 55.6 Å². The molecule has 17 nitrogen and oxygen atoms in total. The predicted octanol–water partition coefficient (Wildman–Crippen LogP) is 6.82. The molecule has 2 aliphatic heterocycles. The Morgan fingerprint density at radius 2 is 1.49 bits per heavy atom. The van der Waals surface area contributed by atoms with Crippen molar-refractivity contribution in [3.8, 4) is 17.2 Å². The maximum absolute atomic E-state index is 15.4. The molecule has 4 aromatic carbocycles. The lowest BCUT2D eigenvalue weighted by molar-refractivity contribution is -0.392. The molecular formula is C44H38ClFN6O11. The zero-order chi connectivity index (χ0) is 45.2. The molecule has 0 unspecified atom stereocenters. The number of phenols is 1. The van der Waals surface area contributed by atoms with Crippen molar-refractivity contribution in [2.24, 2.45) is 29.6 Å². The van der Waals surface area contributed by atoms with Crippen LogP contribution < -0.4 is 24.7 Å². The third kappa shape index (κ3) is 6.68. The summed E-state index contributed by atoms with van der Waals surface area (Å²) in [5.41, 5.74) is 0.725. The number of fused-ring (bicyclic) bond motifs is 4. The van der Waals surface area contributed by atoms with Crippen LogP contribution in [-0.4, -0.2) is 71.9 Å². The van der Waals surface area contributed by atoms with Gasteiger partial charge in [-0.05, 0) is 78.4 Å². The van der Waals surface area contributed by atoms with Gasteiger partial charge in [0, 0.05) is 37.2 Å². The molecule has 2 N–H and O–H groups in total. The summed E-state index contributed by atoms with van der Waals surface area (Å²) < 4.78 is 24.8. The van der Waals surface area contributed by atoms with Gasteiger partial charge in [0.1, 0.15) is 5.82 Å². The van der Waals surface area contributed by atoms with Crippen molar-refractivity contribution < 1.29 is 48.0 Å². The van der Waals surface area contributed by atoms with Crippen LogP contribution in [0.2, 0.25) is 5.02 Å². The first kappa shape index (κ1) is 42.4. The van der Waals surface area contributed by atoms with Gasteiger partial charge in [-0.25, -0.2) is 9.29 Å². The first-order valence-electron chi connectivity index (χ1n) is 19.5. The van der Waals surface area contributed by atoms with E-state index in [-0.39, 0.29) is 47.2 Å². The number of allylic oxidation sites excluding steroid dienone is 3. The molecule has 4 aliphatic rings. The van der Waals surface area contributed by atoms with E-state index in [4.69, 9.17) is 21.1 Å². The highest BCUT2D eigenvalue weighted by Gasteiger charge is 2.69. The van der Waals surface area contributed by atoms with E-state index in [9.17, 15) is 44.1 Å². The number of hydrazine groups is 1. The molecule has 0 spiro atoms. The van der Waals surface area contributed by atoms with E-state index in [1.54, 1.807) is 42.5 Å². The van der Waals surface area contributed by atoms with Gasteiger partial charge in [-0.2, -0.15) is 5.01 Å². The fourth-order valence-electron chi connectivity index (χ4n) is 9.83. The third-order valence-electron chi connectivity index (χ3n) is 12.5. The Hall–Kier alpha value is -7.34. The van der Waals surface area contributed by atoms with E-state index in [2.05, 4.69) is 5.43 Å². The topological polar surface area (TPSA) is 215 Å². The van der Waals surface area contributed by atoms with Gasteiger partial charge in [0.05, 0.1) is 58.6 Å². The fraction of sp³-hybridized carbons (Fsp3) is 0.273. The second-order valence-electron chi connectivity index (χ2n) is 15.8. The van der Waals surface area contributed by atoms with Gasteiger partial charge >= 0.3 is 11.4 Å². The minimum atomic E-state index is -1.71. The molecule has 4 amide bonds. The van der Waals surface area contributed by atoms with Crippen molar-refractivity contribution in [2.75, 3.05) is 43.5 Å². The molecule has 63 heavy (non-hydrogen) atoms. The zero-order valence-electron chi connectivity index (χ0n) is 34.0. The monoisotopic (exact) mass is 880 g/mol. The molecule has 6 atom stereocenters. The van der Waals surface area contributed by atoms with Gasteiger partial charge < -0.3 is 19.5 Å². The molecular weight excluding hydrogens is 843 g/mol. The summed E-state index contributed by atoms with van der Waals surface area (Å²) >= 11 is 6.37. The van der Waals surface area contributed by atoms with Crippen LogP contribution in [0.1, 0.15) is 24.0 Å². The first-order chi connectivity index (χ1) is 30.0. The number of hydrogen-bond donors (Lipinski definition) is 2. The summed E-state index contributed by atoms with van der Waals surface area (Å²) in [6.45, 7) is 0. The average Bonchev–Trinajstić information content (AvgIpc) is 3.64. The summed E-state index contributed by atoms with van der Waals surface area (Å²) in [5, 5.41) is 36.5. The zero-order valence-corrected chi connectivity index (χ0v) is 34.7. The van der Waals surface area contributed by atoms with Crippen molar-refractivity contribution in [3.05, 3.63) is 133 Å². The number of nitro groups is 2. The number of anilines is 3. The Bertz CT molecular complexity index is 2630. The van der Waals surface area contributed by atoms with E-state index >= 15 is 4.79 Å². The highest BCUT2D eigenvalue weighted by atomic mass is 35.5. The Balaban J connectivity index is 1.31. The van der Waals surface area contributed by atoms with Crippen LogP contribution in [0.4, 0.5) is 32.8 Å². The maximum atomic E-state index is 15.4. The van der Waals surface area contributed by atoms with Crippen molar-refractivity contribution in [2.45, 2.75) is 18.3 Å². The number of methoxy groups -OCH3 is 2. The summed E-state index contributed by atoms with van der Waals surface area (Å²) in [5.74, 6) is -8.77. The summed E-state index contributed by atoms with van der Waals surface area (Å²) in [6, 6.07) is 16.5. The third-order valence-corrected chi connectivity index (χ3v) is 12.7. The minimum absolute atomic E-state index is 0.0240.